The van der Waals surface area contributed by atoms with E-state index in [-0.39, 0.29) is 39.8 Å². The second-order valence-electron chi connectivity index (χ2n) is 8.65. The minimum absolute atomic E-state index is 0. The predicted molar refractivity (Wildman–Crippen MR) is 153 cm³/mol. The minimum atomic E-state index is -0.871. The quantitative estimate of drug-likeness (QED) is 0.148. The first kappa shape index (κ1) is 32.1. The van der Waals surface area contributed by atoms with Crippen LogP contribution in [0.2, 0.25) is 23.7 Å². The molecule has 2 atom stereocenters. The Kier molecular flexibility index (Phi) is 16.2. The Balaban J connectivity index is 0.000000610. The molecular weight excluding hydrogens is 475 g/mol. The Morgan fingerprint density at radius 2 is 1.15 bits per heavy atom. The molecule has 0 saturated carbocycles. The fraction of sp³-hybridized carbons (Fsp3) is 0.400. The van der Waals surface area contributed by atoms with E-state index in [1.165, 1.54) is 54.4 Å². The van der Waals surface area contributed by atoms with Crippen LogP contribution in [-0.4, -0.2) is 13.7 Å². The SMILES string of the molecule is C1=C[C@H](P(c2ccccc2)c2ccccc2)CC1.CC[Si](CC)(CC)[C@H]1C=CCC1.[CH3-].[CH3-].[Fe+2]. The van der Waals surface area contributed by atoms with Gasteiger partial charge in [-0.1, -0.05) is 124 Å². The summed E-state index contributed by atoms with van der Waals surface area (Å²) in [5.41, 5.74) is 1.72. The number of hydrogen-bond acceptors (Lipinski definition) is 0. The predicted octanol–water partition coefficient (Wildman–Crippen LogP) is 8.95. The van der Waals surface area contributed by atoms with Gasteiger partial charge in [0.2, 0.25) is 0 Å². The Bertz CT molecular complexity index is 751. The van der Waals surface area contributed by atoms with Gasteiger partial charge in [-0.25, -0.2) is 0 Å². The van der Waals surface area contributed by atoms with Crippen molar-refractivity contribution in [3.05, 3.63) is 99.8 Å². The van der Waals surface area contributed by atoms with Crippen molar-refractivity contribution >= 4 is 26.6 Å². The third kappa shape index (κ3) is 8.36. The summed E-state index contributed by atoms with van der Waals surface area (Å²) in [5.74, 6) is 0. The number of hydrogen-bond donors (Lipinski definition) is 0. The molecule has 0 N–H and O–H groups in total. The van der Waals surface area contributed by atoms with Crippen LogP contribution in [0.4, 0.5) is 0 Å². The summed E-state index contributed by atoms with van der Waals surface area (Å²) >= 11 is 0. The Morgan fingerprint density at radius 1 is 0.697 bits per heavy atom. The van der Waals surface area contributed by atoms with Crippen molar-refractivity contribution in [2.45, 2.75) is 75.8 Å². The van der Waals surface area contributed by atoms with Gasteiger partial charge in [-0.3, -0.25) is 0 Å². The van der Waals surface area contributed by atoms with Crippen molar-refractivity contribution in [2.75, 3.05) is 0 Å². The van der Waals surface area contributed by atoms with Gasteiger partial charge in [-0.05, 0) is 49.8 Å². The summed E-state index contributed by atoms with van der Waals surface area (Å²) < 4.78 is 0. The summed E-state index contributed by atoms with van der Waals surface area (Å²) in [6, 6.07) is 26.4. The van der Waals surface area contributed by atoms with E-state index in [9.17, 15) is 0 Å². The standard InChI is InChI=1S/C17H17P.C11H22Si.2CH3.Fe/c1-3-9-15(10-4-1)18(17-13-7-8-14-17)16-11-5-2-6-12-16;1-4-12(5-2,6-3)11-9-7-8-10-11;;;/h1-7,9-13,17H,8,14H2;7,9,11H,4-6,8,10H2,1-3H3;2*1H3;/q;;2*-1;+2/t17-;11-;;;/m00.../s1. The van der Waals surface area contributed by atoms with Gasteiger partial charge in [0.15, 0.2) is 0 Å². The maximum atomic E-state index is 2.52. The van der Waals surface area contributed by atoms with Crippen LogP contribution in [0.15, 0.2) is 85.0 Å². The van der Waals surface area contributed by atoms with Crippen LogP contribution in [0.5, 0.6) is 0 Å². The third-order valence-electron chi connectivity index (χ3n) is 7.30. The summed E-state index contributed by atoms with van der Waals surface area (Å²) in [4.78, 5) is 0. The molecule has 0 bridgehead atoms. The van der Waals surface area contributed by atoms with Gasteiger partial charge < -0.3 is 14.9 Å². The van der Waals surface area contributed by atoms with Crippen LogP contribution < -0.4 is 10.6 Å². The maximum absolute atomic E-state index is 2.52. The summed E-state index contributed by atoms with van der Waals surface area (Å²) in [7, 11) is -1.11. The molecule has 0 amide bonds. The molecule has 0 nitrogen and oxygen atoms in total. The molecule has 2 aliphatic carbocycles. The summed E-state index contributed by atoms with van der Waals surface area (Å²) in [6.45, 7) is 7.22. The van der Waals surface area contributed by atoms with Crippen molar-refractivity contribution in [1.82, 2.24) is 0 Å². The maximum Gasteiger partial charge on any atom is 2.00 e. The zero-order chi connectivity index (χ0) is 21.2. The average Bonchev–Trinajstić information content (AvgIpc) is 3.53. The van der Waals surface area contributed by atoms with Gasteiger partial charge in [0.1, 0.15) is 0 Å². The molecule has 0 aliphatic heterocycles. The minimum Gasteiger partial charge on any atom is -0.358 e. The van der Waals surface area contributed by atoms with Gasteiger partial charge in [0.25, 0.3) is 0 Å². The largest absolute Gasteiger partial charge is 2.00 e. The molecule has 2 aromatic rings. The van der Waals surface area contributed by atoms with Crippen molar-refractivity contribution in [3.8, 4) is 0 Å². The average molecular weight is 521 g/mol. The smallest absolute Gasteiger partial charge is 0.358 e. The first-order valence-electron chi connectivity index (χ1n) is 12.0. The van der Waals surface area contributed by atoms with Crippen LogP contribution in [0, 0.1) is 14.9 Å². The molecule has 0 radical (unpaired) electrons. The van der Waals surface area contributed by atoms with Crippen LogP contribution in [0.25, 0.3) is 0 Å². The molecule has 0 spiro atoms. The van der Waals surface area contributed by atoms with Crippen LogP contribution in [0.1, 0.15) is 46.5 Å². The summed E-state index contributed by atoms with van der Waals surface area (Å²) in [5, 5.41) is 2.99. The normalized spacial score (nSPS) is 18.5. The van der Waals surface area contributed by atoms with Crippen LogP contribution >= 0.6 is 7.92 Å². The van der Waals surface area contributed by atoms with E-state index in [1.54, 1.807) is 0 Å². The monoisotopic (exact) mass is 520 g/mol. The molecule has 0 fully saturated rings. The topological polar surface area (TPSA) is 0 Å². The fourth-order valence-electron chi connectivity index (χ4n) is 5.22. The first-order valence-corrected chi connectivity index (χ1v) is 16.1. The van der Waals surface area contributed by atoms with E-state index < -0.39 is 8.07 Å². The van der Waals surface area contributed by atoms with Crippen molar-refractivity contribution < 1.29 is 17.1 Å². The van der Waals surface area contributed by atoms with E-state index >= 15 is 0 Å². The van der Waals surface area contributed by atoms with E-state index in [0.29, 0.717) is 5.66 Å². The molecule has 182 valence electrons. The van der Waals surface area contributed by atoms with E-state index in [4.69, 9.17) is 0 Å². The Labute approximate surface area is 218 Å². The first-order chi connectivity index (χ1) is 14.7. The second-order valence-corrected chi connectivity index (χ2v) is 16.7. The van der Waals surface area contributed by atoms with Crippen molar-refractivity contribution in [2.24, 2.45) is 0 Å². The van der Waals surface area contributed by atoms with Gasteiger partial charge in [0, 0.05) is 5.66 Å². The molecule has 0 heterocycles. The molecule has 0 saturated heterocycles. The van der Waals surface area contributed by atoms with E-state index in [2.05, 4.69) is 106 Å². The number of benzene rings is 2. The molecule has 4 rings (SSSR count). The van der Waals surface area contributed by atoms with Crippen molar-refractivity contribution in [1.29, 1.82) is 0 Å². The number of allylic oxidation sites excluding steroid dienone is 4. The van der Waals surface area contributed by atoms with Crippen LogP contribution in [-0.2, 0) is 17.1 Å². The molecule has 0 aromatic heterocycles. The van der Waals surface area contributed by atoms with Gasteiger partial charge in [0.05, 0.1) is 8.07 Å². The molecular formula is C30H45FePSi. The number of rotatable bonds is 7. The van der Waals surface area contributed by atoms with E-state index in [1.807, 2.05) is 0 Å². The molecule has 0 unspecified atom stereocenters. The molecule has 3 heteroatoms. The van der Waals surface area contributed by atoms with Gasteiger partial charge in [-0.2, -0.15) is 0 Å². The van der Waals surface area contributed by atoms with E-state index in [0.717, 1.165) is 5.54 Å². The second kappa shape index (κ2) is 16.7. The third-order valence-corrected chi connectivity index (χ3v) is 16.4. The van der Waals surface area contributed by atoms with Gasteiger partial charge in [-0.15, -0.1) is 0 Å². The zero-order valence-electron chi connectivity index (χ0n) is 21.5. The molecule has 33 heavy (non-hydrogen) atoms. The van der Waals surface area contributed by atoms with Crippen LogP contribution in [0.3, 0.4) is 0 Å². The Morgan fingerprint density at radius 3 is 1.52 bits per heavy atom. The molecule has 2 aliphatic rings. The van der Waals surface area contributed by atoms with Crippen molar-refractivity contribution in [3.63, 3.8) is 0 Å². The Hall–Kier alpha value is -0.914. The zero-order valence-corrected chi connectivity index (χ0v) is 24.5. The fourth-order valence-corrected chi connectivity index (χ4v) is 12.4. The van der Waals surface area contributed by atoms with Gasteiger partial charge >= 0.3 is 17.1 Å². The summed E-state index contributed by atoms with van der Waals surface area (Å²) in [6.07, 6.45) is 15.0. The molecule has 2 aromatic carbocycles.